The summed E-state index contributed by atoms with van der Waals surface area (Å²) in [7, 11) is 6.07. The summed E-state index contributed by atoms with van der Waals surface area (Å²) in [5.41, 5.74) is 1.45. The van der Waals surface area contributed by atoms with Crippen LogP contribution < -0.4 is 24.3 Å². The maximum Gasteiger partial charge on any atom is 0.293 e. The molecule has 0 spiro atoms. The zero-order valence-corrected chi connectivity index (χ0v) is 20.6. The fraction of sp³-hybridized carbons (Fsp3) is 0.240. The second-order valence-corrected chi connectivity index (χ2v) is 8.18. The lowest BCUT2D eigenvalue weighted by atomic mass is 10.1. The molecule has 0 unspecified atom stereocenters. The highest BCUT2D eigenvalue weighted by molar-refractivity contribution is 8.18. The molecule has 1 saturated heterocycles. The summed E-state index contributed by atoms with van der Waals surface area (Å²) in [5, 5.41) is 2.27. The monoisotopic (exact) mass is 498 g/mol. The quantitative estimate of drug-likeness (QED) is 0.496. The van der Waals surface area contributed by atoms with E-state index >= 15 is 0 Å². The van der Waals surface area contributed by atoms with Gasteiger partial charge < -0.3 is 24.3 Å². The number of ether oxygens (including phenoxy) is 4. The molecule has 3 rings (SSSR count). The summed E-state index contributed by atoms with van der Waals surface area (Å²) < 4.78 is 21.1. The lowest BCUT2D eigenvalue weighted by Gasteiger charge is -2.13. The smallest absolute Gasteiger partial charge is 0.293 e. The largest absolute Gasteiger partial charge is 0.497 e. The molecular weight excluding hydrogens is 472 g/mol. The third-order valence-electron chi connectivity index (χ3n) is 5.04. The van der Waals surface area contributed by atoms with Crippen LogP contribution in [0.3, 0.4) is 0 Å². The zero-order valence-electron chi connectivity index (χ0n) is 19.8. The predicted molar refractivity (Wildman–Crippen MR) is 134 cm³/mol. The Morgan fingerprint density at radius 1 is 0.943 bits per heavy atom. The summed E-state index contributed by atoms with van der Waals surface area (Å²) in [6.45, 7) is 0.181. The summed E-state index contributed by atoms with van der Waals surface area (Å²) in [6.07, 6.45) is 4.64. The number of amides is 3. The van der Waals surface area contributed by atoms with Gasteiger partial charge in [-0.05, 0) is 59.3 Å². The van der Waals surface area contributed by atoms with Gasteiger partial charge in [-0.25, -0.2) is 0 Å². The minimum atomic E-state index is -0.434. The highest BCUT2D eigenvalue weighted by Crippen LogP contribution is 2.40. The van der Waals surface area contributed by atoms with Crippen molar-refractivity contribution in [2.75, 3.05) is 41.5 Å². The Hall–Kier alpha value is -3.92. The van der Waals surface area contributed by atoms with Crippen LogP contribution in [0.25, 0.3) is 12.2 Å². The molecule has 0 aliphatic carbocycles. The van der Waals surface area contributed by atoms with Crippen molar-refractivity contribution in [3.63, 3.8) is 0 Å². The average Bonchev–Trinajstić information content (AvgIpc) is 3.14. The van der Waals surface area contributed by atoms with E-state index in [2.05, 4.69) is 5.32 Å². The summed E-state index contributed by atoms with van der Waals surface area (Å²) >= 11 is 0.832. The second-order valence-electron chi connectivity index (χ2n) is 7.19. The topological polar surface area (TPSA) is 103 Å². The number of nitrogens with zero attached hydrogens (tertiary/aromatic N) is 1. The van der Waals surface area contributed by atoms with E-state index < -0.39 is 11.1 Å². The lowest BCUT2D eigenvalue weighted by Crippen LogP contribution is -2.36. The molecule has 1 N–H and O–H groups in total. The average molecular weight is 499 g/mol. The zero-order chi connectivity index (χ0) is 25.4. The number of hydrogen-bond donors (Lipinski definition) is 1. The molecule has 1 aliphatic heterocycles. The van der Waals surface area contributed by atoms with Gasteiger partial charge in [0, 0.05) is 19.2 Å². The molecular formula is C25H26N2O7S. The molecule has 35 heavy (non-hydrogen) atoms. The van der Waals surface area contributed by atoms with E-state index in [0.717, 1.165) is 28.0 Å². The van der Waals surface area contributed by atoms with Crippen molar-refractivity contribution in [2.24, 2.45) is 0 Å². The molecule has 9 nitrogen and oxygen atoms in total. The van der Waals surface area contributed by atoms with Crippen molar-refractivity contribution in [1.82, 2.24) is 10.2 Å². The van der Waals surface area contributed by atoms with Gasteiger partial charge in [-0.1, -0.05) is 12.1 Å². The number of nitrogens with one attached hydrogen (secondary N) is 1. The number of thioether (sulfide) groups is 1. The van der Waals surface area contributed by atoms with E-state index in [9.17, 15) is 14.4 Å². The number of imide groups is 1. The molecule has 0 atom stereocenters. The van der Waals surface area contributed by atoms with Gasteiger partial charge in [-0.15, -0.1) is 0 Å². The van der Waals surface area contributed by atoms with Gasteiger partial charge in [0.15, 0.2) is 11.5 Å². The normalized spacial score (nSPS) is 14.5. The molecule has 0 bridgehead atoms. The maximum atomic E-state index is 12.8. The fourth-order valence-electron chi connectivity index (χ4n) is 3.27. The van der Waals surface area contributed by atoms with Crippen LogP contribution in [0.2, 0.25) is 0 Å². The molecule has 2 aromatic carbocycles. The van der Waals surface area contributed by atoms with E-state index in [1.807, 2.05) is 12.1 Å². The van der Waals surface area contributed by atoms with Gasteiger partial charge in [0.05, 0.1) is 33.3 Å². The number of carbonyl (C=O) groups excluding carboxylic acids is 3. The summed E-state index contributed by atoms with van der Waals surface area (Å²) in [4.78, 5) is 38.6. The van der Waals surface area contributed by atoms with E-state index in [1.165, 1.54) is 27.4 Å². The van der Waals surface area contributed by atoms with Crippen molar-refractivity contribution < 1.29 is 33.3 Å². The molecule has 1 aliphatic rings. The first-order valence-corrected chi connectivity index (χ1v) is 11.4. The molecule has 0 aromatic heterocycles. The molecule has 3 amide bonds. The number of benzene rings is 2. The van der Waals surface area contributed by atoms with Crippen LogP contribution in [0.1, 0.15) is 11.1 Å². The lowest BCUT2D eigenvalue weighted by molar-refractivity contribution is -0.123. The summed E-state index contributed by atoms with van der Waals surface area (Å²) in [6, 6.07) is 10.6. The fourth-order valence-corrected chi connectivity index (χ4v) is 4.13. The highest BCUT2D eigenvalue weighted by atomic mass is 32.2. The first kappa shape index (κ1) is 25.7. The van der Waals surface area contributed by atoms with E-state index in [0.29, 0.717) is 22.8 Å². The van der Waals surface area contributed by atoms with E-state index in [1.54, 1.807) is 43.5 Å². The van der Waals surface area contributed by atoms with Crippen LogP contribution in [-0.4, -0.2) is 63.5 Å². The first-order chi connectivity index (χ1) is 16.9. The standard InChI is InChI=1S/C25H26N2O7S/c1-31-18-8-5-16(6-9-18)7-10-22(28)26-11-12-27-24(29)21(35-25(27)30)15-17-13-19(32-2)23(34-4)20(14-17)33-3/h5-10,13-15H,11-12H2,1-4H3,(H,26,28)/b10-7+,21-15+. The van der Waals surface area contributed by atoms with Gasteiger partial charge in [-0.2, -0.15) is 0 Å². The molecule has 1 fully saturated rings. The Labute approximate surface area is 207 Å². The Balaban J connectivity index is 1.60. The third kappa shape index (κ3) is 6.36. The molecule has 0 saturated carbocycles. The Morgan fingerprint density at radius 2 is 1.60 bits per heavy atom. The van der Waals surface area contributed by atoms with Gasteiger partial charge in [0.1, 0.15) is 5.75 Å². The molecule has 1 heterocycles. The van der Waals surface area contributed by atoms with Gasteiger partial charge in [0.25, 0.3) is 11.1 Å². The highest BCUT2D eigenvalue weighted by Gasteiger charge is 2.34. The molecule has 10 heteroatoms. The van der Waals surface area contributed by atoms with Crippen LogP contribution in [-0.2, 0) is 9.59 Å². The Kier molecular flexibility index (Phi) is 8.80. The van der Waals surface area contributed by atoms with Crippen LogP contribution >= 0.6 is 11.8 Å². The van der Waals surface area contributed by atoms with Crippen LogP contribution in [0.15, 0.2) is 47.4 Å². The number of hydrogen-bond acceptors (Lipinski definition) is 8. The van der Waals surface area contributed by atoms with Crippen LogP contribution in [0.4, 0.5) is 4.79 Å². The molecule has 184 valence electrons. The molecule has 0 radical (unpaired) electrons. The molecule has 2 aromatic rings. The van der Waals surface area contributed by atoms with Crippen molar-refractivity contribution in [2.45, 2.75) is 0 Å². The van der Waals surface area contributed by atoms with Crippen molar-refractivity contribution in [3.05, 3.63) is 58.5 Å². The van der Waals surface area contributed by atoms with Crippen LogP contribution in [0.5, 0.6) is 23.0 Å². The minimum absolute atomic E-state index is 0.0549. The predicted octanol–water partition coefficient (Wildman–Crippen LogP) is 3.59. The number of methoxy groups -OCH3 is 4. The van der Waals surface area contributed by atoms with Gasteiger partial charge in [0.2, 0.25) is 11.7 Å². The van der Waals surface area contributed by atoms with Gasteiger partial charge >= 0.3 is 0 Å². The number of rotatable bonds is 10. The van der Waals surface area contributed by atoms with Crippen molar-refractivity contribution in [3.8, 4) is 23.0 Å². The van der Waals surface area contributed by atoms with E-state index in [4.69, 9.17) is 18.9 Å². The Bertz CT molecular complexity index is 1130. The minimum Gasteiger partial charge on any atom is -0.497 e. The van der Waals surface area contributed by atoms with Gasteiger partial charge in [-0.3, -0.25) is 19.3 Å². The number of carbonyl (C=O) groups is 3. The summed E-state index contributed by atoms with van der Waals surface area (Å²) in [5.74, 6) is 1.25. The first-order valence-electron chi connectivity index (χ1n) is 10.6. The SMILES string of the molecule is COc1ccc(/C=C/C(=O)NCCN2C(=O)S/C(=C/c3cc(OC)c(OC)c(OC)c3)C2=O)cc1. The third-order valence-corrected chi connectivity index (χ3v) is 5.94. The Morgan fingerprint density at radius 3 is 2.17 bits per heavy atom. The van der Waals surface area contributed by atoms with Crippen LogP contribution in [0, 0.1) is 0 Å². The maximum absolute atomic E-state index is 12.8. The second kappa shape index (κ2) is 12.0. The van der Waals surface area contributed by atoms with E-state index in [-0.39, 0.29) is 23.9 Å². The van der Waals surface area contributed by atoms with Crippen molar-refractivity contribution >= 4 is 41.0 Å². The van der Waals surface area contributed by atoms with Crippen molar-refractivity contribution in [1.29, 1.82) is 0 Å².